The van der Waals surface area contributed by atoms with E-state index in [1.54, 1.807) is 24.5 Å². The molecule has 7 heteroatoms. The largest absolute Gasteiger partial charge is 0.370 e. The minimum absolute atomic E-state index is 0.0307. The van der Waals surface area contributed by atoms with E-state index in [-0.39, 0.29) is 18.3 Å². The molecule has 1 saturated heterocycles. The number of anilines is 2. The predicted molar refractivity (Wildman–Crippen MR) is 109 cm³/mol. The van der Waals surface area contributed by atoms with Crippen molar-refractivity contribution in [3.05, 3.63) is 48.0 Å². The van der Waals surface area contributed by atoms with E-state index in [0.717, 1.165) is 50.5 Å². The zero-order valence-corrected chi connectivity index (χ0v) is 16.3. The van der Waals surface area contributed by atoms with Gasteiger partial charge in [0.1, 0.15) is 23.8 Å². The second kappa shape index (κ2) is 10.0. The zero-order chi connectivity index (χ0) is 19.8. The highest BCUT2D eigenvalue weighted by atomic mass is 19.1. The molecule has 0 unspecified atom stereocenters. The van der Waals surface area contributed by atoms with Crippen LogP contribution >= 0.6 is 0 Å². The lowest BCUT2D eigenvalue weighted by molar-refractivity contribution is -0.121. The highest BCUT2D eigenvalue weighted by Gasteiger charge is 2.22. The molecule has 1 fully saturated rings. The first-order valence-electron chi connectivity index (χ1n) is 9.96. The van der Waals surface area contributed by atoms with Gasteiger partial charge in [-0.05, 0) is 38.2 Å². The maximum atomic E-state index is 13.6. The summed E-state index contributed by atoms with van der Waals surface area (Å²) in [5.41, 5.74) is 0.514. The predicted octanol–water partition coefficient (Wildman–Crippen LogP) is 3.36. The number of nitrogens with one attached hydrogen (secondary N) is 2. The van der Waals surface area contributed by atoms with Crippen LogP contribution in [0.3, 0.4) is 0 Å². The molecule has 1 aromatic heterocycles. The minimum atomic E-state index is -0.285. The average molecular weight is 385 g/mol. The molecule has 150 valence electrons. The van der Waals surface area contributed by atoms with Gasteiger partial charge in [-0.1, -0.05) is 18.2 Å². The molecular formula is C21H28FN5O. The van der Waals surface area contributed by atoms with Crippen LogP contribution in [0.5, 0.6) is 0 Å². The van der Waals surface area contributed by atoms with Gasteiger partial charge < -0.3 is 15.5 Å². The van der Waals surface area contributed by atoms with Crippen LogP contribution in [0.25, 0.3) is 0 Å². The summed E-state index contributed by atoms with van der Waals surface area (Å²) in [6.45, 7) is 4.95. The van der Waals surface area contributed by atoms with Crippen LogP contribution in [0.1, 0.15) is 38.2 Å². The van der Waals surface area contributed by atoms with E-state index in [2.05, 4.69) is 25.5 Å². The summed E-state index contributed by atoms with van der Waals surface area (Å²) < 4.78 is 13.6. The third kappa shape index (κ3) is 5.65. The Hall–Kier alpha value is -2.70. The summed E-state index contributed by atoms with van der Waals surface area (Å²) >= 11 is 0. The van der Waals surface area contributed by atoms with Crippen molar-refractivity contribution in [1.82, 2.24) is 15.3 Å². The third-order valence-electron chi connectivity index (χ3n) is 5.07. The Kier molecular flexibility index (Phi) is 7.17. The van der Waals surface area contributed by atoms with Crippen molar-refractivity contribution >= 4 is 17.5 Å². The average Bonchev–Trinajstić information content (AvgIpc) is 2.72. The SMILES string of the molecule is CCNc1cc(N2CCC[C@@H](CCC(=O)NCc3ccccc3F)C2)ncn1. The van der Waals surface area contributed by atoms with E-state index >= 15 is 0 Å². The van der Waals surface area contributed by atoms with Crippen molar-refractivity contribution in [2.45, 2.75) is 39.2 Å². The molecule has 1 atom stereocenters. The highest BCUT2D eigenvalue weighted by molar-refractivity contribution is 5.75. The van der Waals surface area contributed by atoms with Crippen LogP contribution in [0.2, 0.25) is 0 Å². The fourth-order valence-corrected chi connectivity index (χ4v) is 3.57. The van der Waals surface area contributed by atoms with E-state index in [9.17, 15) is 9.18 Å². The van der Waals surface area contributed by atoms with Crippen LogP contribution in [0.15, 0.2) is 36.7 Å². The number of benzene rings is 1. The topological polar surface area (TPSA) is 70.2 Å². The Morgan fingerprint density at radius 1 is 1.32 bits per heavy atom. The molecule has 2 aromatic rings. The first-order chi connectivity index (χ1) is 13.7. The lowest BCUT2D eigenvalue weighted by Crippen LogP contribution is -2.36. The molecule has 2 N–H and O–H groups in total. The molecule has 3 rings (SSSR count). The molecule has 1 aliphatic heterocycles. The number of carbonyl (C=O) groups is 1. The molecule has 0 bridgehead atoms. The number of halogens is 1. The molecule has 2 heterocycles. The fraction of sp³-hybridized carbons (Fsp3) is 0.476. The Morgan fingerprint density at radius 3 is 3.00 bits per heavy atom. The Balaban J connectivity index is 1.46. The third-order valence-corrected chi connectivity index (χ3v) is 5.07. The molecule has 0 spiro atoms. The molecule has 1 aromatic carbocycles. The summed E-state index contributed by atoms with van der Waals surface area (Å²) in [7, 11) is 0. The first-order valence-corrected chi connectivity index (χ1v) is 9.96. The lowest BCUT2D eigenvalue weighted by atomic mass is 9.93. The standard InChI is InChI=1S/C21H28FN5O/c1-2-23-19-12-20(26-15-25-19)27-11-5-6-16(14-27)9-10-21(28)24-13-17-7-3-4-8-18(17)22/h3-4,7-8,12,15-16H,2,5-6,9-11,13-14H2,1H3,(H,24,28)(H,23,25,26)/t16-/m0/s1. The quantitative estimate of drug-likeness (QED) is 0.729. The van der Waals surface area contributed by atoms with Crippen LogP contribution in [-0.2, 0) is 11.3 Å². The number of aromatic nitrogens is 2. The summed E-state index contributed by atoms with van der Waals surface area (Å²) in [4.78, 5) is 23.1. The Labute approximate surface area is 165 Å². The molecule has 0 aliphatic carbocycles. The van der Waals surface area contributed by atoms with Crippen LogP contribution in [-0.4, -0.2) is 35.5 Å². The number of amides is 1. The molecule has 1 aliphatic rings. The van der Waals surface area contributed by atoms with Crippen LogP contribution in [0, 0.1) is 11.7 Å². The summed E-state index contributed by atoms with van der Waals surface area (Å²) in [5.74, 6) is 1.90. The van der Waals surface area contributed by atoms with Gasteiger partial charge in [-0.15, -0.1) is 0 Å². The van der Waals surface area contributed by atoms with Crippen molar-refractivity contribution in [3.8, 4) is 0 Å². The maximum absolute atomic E-state index is 13.6. The molecule has 1 amide bonds. The van der Waals surface area contributed by atoms with Crippen molar-refractivity contribution in [2.24, 2.45) is 5.92 Å². The summed E-state index contributed by atoms with van der Waals surface area (Å²) in [6, 6.07) is 8.50. The second-order valence-electron chi connectivity index (χ2n) is 7.15. The van der Waals surface area contributed by atoms with Gasteiger partial charge in [-0.2, -0.15) is 0 Å². The molecule has 0 saturated carbocycles. The lowest BCUT2D eigenvalue weighted by Gasteiger charge is -2.33. The van der Waals surface area contributed by atoms with Gasteiger partial charge in [0.15, 0.2) is 0 Å². The van der Waals surface area contributed by atoms with Gasteiger partial charge in [0.2, 0.25) is 5.91 Å². The summed E-state index contributed by atoms with van der Waals surface area (Å²) in [6.07, 6.45) is 5.07. The van der Waals surface area contributed by atoms with Gasteiger partial charge in [0.05, 0.1) is 0 Å². The minimum Gasteiger partial charge on any atom is -0.370 e. The molecule has 6 nitrogen and oxygen atoms in total. The normalized spacial score (nSPS) is 16.6. The van der Waals surface area contributed by atoms with Crippen molar-refractivity contribution < 1.29 is 9.18 Å². The van der Waals surface area contributed by atoms with E-state index in [0.29, 0.717) is 17.9 Å². The van der Waals surface area contributed by atoms with Crippen molar-refractivity contribution in [1.29, 1.82) is 0 Å². The number of piperidine rings is 1. The van der Waals surface area contributed by atoms with Gasteiger partial charge in [0, 0.05) is 44.2 Å². The number of nitrogens with zero attached hydrogens (tertiary/aromatic N) is 3. The first kappa shape index (κ1) is 20.0. The van der Waals surface area contributed by atoms with E-state index < -0.39 is 0 Å². The summed E-state index contributed by atoms with van der Waals surface area (Å²) in [5, 5.41) is 6.03. The van der Waals surface area contributed by atoms with Crippen LogP contribution in [0.4, 0.5) is 16.0 Å². The monoisotopic (exact) mass is 385 g/mol. The zero-order valence-electron chi connectivity index (χ0n) is 16.3. The van der Waals surface area contributed by atoms with Gasteiger partial charge in [-0.3, -0.25) is 4.79 Å². The number of carbonyl (C=O) groups excluding carboxylic acids is 1. The Bertz CT molecular complexity index is 785. The van der Waals surface area contributed by atoms with E-state index in [1.807, 2.05) is 13.0 Å². The van der Waals surface area contributed by atoms with Gasteiger partial charge in [-0.25, -0.2) is 14.4 Å². The maximum Gasteiger partial charge on any atom is 0.220 e. The number of rotatable bonds is 8. The second-order valence-corrected chi connectivity index (χ2v) is 7.15. The molecule has 0 radical (unpaired) electrons. The number of hydrogen-bond acceptors (Lipinski definition) is 5. The Morgan fingerprint density at radius 2 is 2.18 bits per heavy atom. The van der Waals surface area contributed by atoms with Crippen molar-refractivity contribution in [2.75, 3.05) is 29.9 Å². The van der Waals surface area contributed by atoms with Crippen molar-refractivity contribution in [3.63, 3.8) is 0 Å². The number of hydrogen-bond donors (Lipinski definition) is 2. The van der Waals surface area contributed by atoms with E-state index in [1.165, 1.54) is 6.07 Å². The molecular weight excluding hydrogens is 357 g/mol. The highest BCUT2D eigenvalue weighted by Crippen LogP contribution is 2.25. The molecule has 28 heavy (non-hydrogen) atoms. The van der Waals surface area contributed by atoms with Crippen LogP contribution < -0.4 is 15.5 Å². The smallest absolute Gasteiger partial charge is 0.220 e. The van der Waals surface area contributed by atoms with E-state index in [4.69, 9.17) is 0 Å². The van der Waals surface area contributed by atoms with Gasteiger partial charge >= 0.3 is 0 Å². The van der Waals surface area contributed by atoms with Gasteiger partial charge in [0.25, 0.3) is 0 Å². The fourth-order valence-electron chi connectivity index (χ4n) is 3.57.